The Hall–Kier alpha value is -4.28. The van der Waals surface area contributed by atoms with Gasteiger partial charge in [0.25, 0.3) is 5.69 Å². The van der Waals surface area contributed by atoms with Crippen LogP contribution in [0.15, 0.2) is 95.5 Å². The second-order valence-electron chi connectivity index (χ2n) is 8.09. The van der Waals surface area contributed by atoms with Crippen molar-refractivity contribution in [2.24, 2.45) is 0 Å². The molecule has 0 fully saturated rings. The predicted octanol–water partition coefficient (Wildman–Crippen LogP) is 6.89. The average Bonchev–Trinajstić information content (AvgIpc) is 3.57. The monoisotopic (exact) mass is 527 g/mol. The predicted molar refractivity (Wildman–Crippen MR) is 148 cm³/mol. The minimum absolute atomic E-state index is 0.00991. The summed E-state index contributed by atoms with van der Waals surface area (Å²) in [4.78, 5) is 36.2. The van der Waals surface area contributed by atoms with E-state index < -0.39 is 10.2 Å². The molecule has 0 saturated carbocycles. The van der Waals surface area contributed by atoms with Gasteiger partial charge in [-0.1, -0.05) is 84.6 Å². The van der Waals surface area contributed by atoms with Crippen LogP contribution in [0.25, 0.3) is 33.8 Å². The molecule has 1 atom stereocenters. The van der Waals surface area contributed by atoms with Crippen molar-refractivity contribution >= 4 is 39.8 Å². The number of hydrogen-bond donors (Lipinski definition) is 2. The van der Waals surface area contributed by atoms with Gasteiger partial charge in [-0.05, 0) is 6.92 Å². The fourth-order valence-electron chi connectivity index (χ4n) is 3.70. The molecule has 0 aliphatic carbocycles. The number of carbonyl (C=O) groups is 1. The van der Waals surface area contributed by atoms with Crippen molar-refractivity contribution in [3.63, 3.8) is 0 Å². The Morgan fingerprint density at radius 3 is 2.35 bits per heavy atom. The lowest BCUT2D eigenvalue weighted by Crippen LogP contribution is -2.22. The Morgan fingerprint density at radius 2 is 1.65 bits per heavy atom. The highest BCUT2D eigenvalue weighted by atomic mass is 32.2. The molecule has 1 unspecified atom stereocenters. The zero-order valence-electron chi connectivity index (χ0n) is 19.6. The lowest BCUT2D eigenvalue weighted by atomic mass is 10.1. The number of hydrogen-bond acceptors (Lipinski definition) is 7. The summed E-state index contributed by atoms with van der Waals surface area (Å²) in [6, 6.07) is 26.1. The summed E-state index contributed by atoms with van der Waals surface area (Å²) >= 11 is 2.59. The number of amides is 1. The number of nitro benzene ring substituents is 1. The topological polar surface area (TPSA) is 114 Å². The van der Waals surface area contributed by atoms with Gasteiger partial charge in [-0.2, -0.15) is 0 Å². The third-order valence-electron chi connectivity index (χ3n) is 5.54. The molecule has 2 aromatic heterocycles. The second kappa shape index (κ2) is 10.8. The van der Waals surface area contributed by atoms with Crippen molar-refractivity contribution in [2.45, 2.75) is 17.3 Å². The normalized spacial score (nSPS) is 11.7. The van der Waals surface area contributed by atoms with Crippen LogP contribution in [0, 0.1) is 10.1 Å². The van der Waals surface area contributed by atoms with Crippen molar-refractivity contribution < 1.29 is 9.72 Å². The number of aromatic nitrogens is 3. The van der Waals surface area contributed by atoms with E-state index in [0.717, 1.165) is 22.5 Å². The molecule has 2 N–H and O–H groups in total. The molecule has 0 bridgehead atoms. The molecule has 0 radical (unpaired) electrons. The van der Waals surface area contributed by atoms with Crippen LogP contribution in [0.5, 0.6) is 0 Å². The summed E-state index contributed by atoms with van der Waals surface area (Å²) in [6.45, 7) is 1.81. The fourth-order valence-corrected chi connectivity index (χ4v) is 5.22. The third kappa shape index (κ3) is 5.60. The number of H-pyrrole nitrogens is 1. The van der Waals surface area contributed by atoms with Crippen LogP contribution >= 0.6 is 23.1 Å². The summed E-state index contributed by atoms with van der Waals surface area (Å²) in [5.41, 5.74) is 4.88. The third-order valence-corrected chi connectivity index (χ3v) is 7.28. The van der Waals surface area contributed by atoms with E-state index in [2.05, 4.69) is 15.3 Å². The van der Waals surface area contributed by atoms with Crippen LogP contribution in [0.4, 0.5) is 10.8 Å². The quantitative estimate of drug-likeness (QED) is 0.129. The molecule has 3 aromatic carbocycles. The van der Waals surface area contributed by atoms with Crippen molar-refractivity contribution in [2.75, 3.05) is 5.32 Å². The van der Waals surface area contributed by atoms with E-state index in [-0.39, 0.29) is 11.6 Å². The van der Waals surface area contributed by atoms with Gasteiger partial charge in [0.1, 0.15) is 0 Å². The molecular formula is C27H21N5O3S2. The number of aromatic amines is 1. The highest BCUT2D eigenvalue weighted by molar-refractivity contribution is 8.00. The maximum Gasteiger partial charge on any atom is 0.270 e. The molecule has 2 heterocycles. The van der Waals surface area contributed by atoms with E-state index in [9.17, 15) is 14.9 Å². The summed E-state index contributed by atoms with van der Waals surface area (Å²) in [6.07, 6.45) is 0. The molecule has 0 saturated heterocycles. The van der Waals surface area contributed by atoms with E-state index >= 15 is 0 Å². The fraction of sp³-hybridized carbons (Fsp3) is 0.0741. The van der Waals surface area contributed by atoms with Crippen molar-refractivity contribution in [1.82, 2.24) is 15.0 Å². The Kier molecular flexibility index (Phi) is 7.11. The molecule has 184 valence electrons. The van der Waals surface area contributed by atoms with Crippen LogP contribution in [0.1, 0.15) is 6.92 Å². The largest absolute Gasteiger partial charge is 0.332 e. The van der Waals surface area contributed by atoms with Crippen LogP contribution in [-0.2, 0) is 4.79 Å². The number of imidazole rings is 1. The van der Waals surface area contributed by atoms with Gasteiger partial charge in [0, 0.05) is 34.2 Å². The van der Waals surface area contributed by atoms with E-state index in [0.29, 0.717) is 21.5 Å². The molecule has 8 nitrogen and oxygen atoms in total. The standard InChI is InChI=1S/C27H21N5O3S2/c1-17(25(33)31-26-28-22(16-36-26)20-13-8-14-21(15-20)32(34)35)37-27-29-23(18-9-4-2-5-10-18)24(30-27)19-11-6-3-7-12-19/h2-17H,1H3,(H,29,30)(H,28,31,33). The minimum atomic E-state index is -0.455. The number of nitrogens with zero attached hydrogens (tertiary/aromatic N) is 3. The first kappa shape index (κ1) is 24.4. The zero-order chi connectivity index (χ0) is 25.8. The Labute approximate surface area is 221 Å². The van der Waals surface area contributed by atoms with Gasteiger partial charge in [-0.15, -0.1) is 11.3 Å². The van der Waals surface area contributed by atoms with Crippen molar-refractivity contribution in [1.29, 1.82) is 0 Å². The summed E-state index contributed by atoms with van der Waals surface area (Å²) in [5.74, 6) is -0.219. The summed E-state index contributed by atoms with van der Waals surface area (Å²) in [7, 11) is 0. The first-order valence-electron chi connectivity index (χ1n) is 11.4. The number of benzene rings is 3. The van der Waals surface area contributed by atoms with Crippen molar-refractivity contribution in [3.05, 3.63) is 100 Å². The van der Waals surface area contributed by atoms with Crippen LogP contribution in [-0.4, -0.2) is 31.0 Å². The molecule has 5 aromatic rings. The van der Waals surface area contributed by atoms with Gasteiger partial charge in [0.2, 0.25) is 5.91 Å². The van der Waals surface area contributed by atoms with E-state index in [4.69, 9.17) is 4.98 Å². The summed E-state index contributed by atoms with van der Waals surface area (Å²) < 4.78 is 0. The van der Waals surface area contributed by atoms with Crippen LogP contribution in [0.3, 0.4) is 0 Å². The van der Waals surface area contributed by atoms with E-state index in [1.807, 2.05) is 67.6 Å². The van der Waals surface area contributed by atoms with Crippen LogP contribution in [0.2, 0.25) is 0 Å². The zero-order valence-corrected chi connectivity index (χ0v) is 21.3. The number of nitro groups is 1. The molecule has 0 spiro atoms. The highest BCUT2D eigenvalue weighted by Gasteiger charge is 2.21. The summed E-state index contributed by atoms with van der Waals surface area (Å²) in [5, 5.41) is 16.3. The molecule has 37 heavy (non-hydrogen) atoms. The maximum absolute atomic E-state index is 12.9. The van der Waals surface area contributed by atoms with Gasteiger partial charge in [0.15, 0.2) is 10.3 Å². The maximum atomic E-state index is 12.9. The first-order chi connectivity index (χ1) is 18.0. The van der Waals surface area contributed by atoms with Gasteiger partial charge in [-0.3, -0.25) is 14.9 Å². The molecule has 0 aliphatic heterocycles. The minimum Gasteiger partial charge on any atom is -0.332 e. The highest BCUT2D eigenvalue weighted by Crippen LogP contribution is 2.34. The molecule has 10 heteroatoms. The lowest BCUT2D eigenvalue weighted by molar-refractivity contribution is -0.384. The molecule has 1 amide bonds. The van der Waals surface area contributed by atoms with Gasteiger partial charge in [-0.25, -0.2) is 9.97 Å². The number of anilines is 1. The second-order valence-corrected chi connectivity index (χ2v) is 10.3. The smallest absolute Gasteiger partial charge is 0.270 e. The molecular weight excluding hydrogens is 506 g/mol. The van der Waals surface area contributed by atoms with Gasteiger partial charge in [0.05, 0.1) is 27.3 Å². The van der Waals surface area contributed by atoms with Crippen molar-refractivity contribution in [3.8, 4) is 33.8 Å². The van der Waals surface area contributed by atoms with E-state index in [1.165, 1.54) is 35.2 Å². The number of rotatable bonds is 8. The Balaban J connectivity index is 1.32. The SMILES string of the molecule is CC(Sc1nc(-c2ccccc2)c(-c2ccccc2)[nH]1)C(=O)Nc1nc(-c2cccc([N+](=O)[O-])c2)cs1. The number of non-ortho nitro benzene ring substituents is 1. The lowest BCUT2D eigenvalue weighted by Gasteiger charge is -2.08. The van der Waals surface area contributed by atoms with Crippen LogP contribution < -0.4 is 5.32 Å². The first-order valence-corrected chi connectivity index (χ1v) is 13.1. The number of thioether (sulfide) groups is 1. The Bertz CT molecular complexity index is 1490. The Morgan fingerprint density at radius 1 is 0.973 bits per heavy atom. The molecule has 0 aliphatic rings. The number of carbonyl (C=O) groups excluding carboxylic acids is 1. The van der Waals surface area contributed by atoms with E-state index in [1.54, 1.807) is 17.5 Å². The van der Waals surface area contributed by atoms with Gasteiger partial charge < -0.3 is 10.3 Å². The average molecular weight is 528 g/mol. The number of nitrogens with one attached hydrogen (secondary N) is 2. The molecule has 5 rings (SSSR count). The number of thiazole rings is 1. The van der Waals surface area contributed by atoms with Gasteiger partial charge >= 0.3 is 0 Å².